The topological polar surface area (TPSA) is 76.8 Å². The molecule has 2 aromatic carbocycles. The summed E-state index contributed by atoms with van der Waals surface area (Å²) >= 11 is 0. The number of nitrogens with one attached hydrogen (secondary N) is 1. The lowest BCUT2D eigenvalue weighted by Gasteiger charge is -2.22. The lowest BCUT2D eigenvalue weighted by atomic mass is 10.2. The summed E-state index contributed by atoms with van der Waals surface area (Å²) in [5, 5.41) is 2.99. The minimum Gasteiger partial charge on any atom is -0.493 e. The minimum absolute atomic E-state index is 0.144. The third-order valence-corrected chi connectivity index (χ3v) is 5.25. The molecule has 7 nitrogen and oxygen atoms in total. The van der Waals surface area contributed by atoms with Crippen LogP contribution in [0.5, 0.6) is 11.5 Å². The van der Waals surface area contributed by atoms with Crippen molar-refractivity contribution in [3.63, 3.8) is 0 Å². The Kier molecular flexibility index (Phi) is 5.88. The van der Waals surface area contributed by atoms with Gasteiger partial charge in [0.2, 0.25) is 5.91 Å². The smallest absolute Gasteiger partial charge is 0.298 e. The van der Waals surface area contributed by atoms with Gasteiger partial charge in [-0.3, -0.25) is 4.79 Å². The molecule has 2 heterocycles. The number of methoxy groups -OCH3 is 2. The third-order valence-electron chi connectivity index (χ3n) is 5.25. The molecule has 1 fully saturated rings. The number of aromatic nitrogens is 1. The molecule has 1 N–H and O–H groups in total. The highest BCUT2D eigenvalue weighted by atomic mass is 16.5. The summed E-state index contributed by atoms with van der Waals surface area (Å²) in [6.07, 6.45) is 5.31. The van der Waals surface area contributed by atoms with Crippen LogP contribution in [0.1, 0.15) is 18.4 Å². The van der Waals surface area contributed by atoms with Crippen molar-refractivity contribution in [2.45, 2.75) is 18.9 Å². The molecule has 1 unspecified atom stereocenters. The molecule has 4 rings (SSSR count). The molecule has 156 valence electrons. The maximum absolute atomic E-state index is 12.3. The van der Waals surface area contributed by atoms with Crippen molar-refractivity contribution in [3.8, 4) is 11.5 Å². The number of carbonyl (C=O) groups excluding carboxylic acids is 1. The predicted molar refractivity (Wildman–Crippen MR) is 116 cm³/mol. The van der Waals surface area contributed by atoms with Crippen molar-refractivity contribution >= 4 is 29.1 Å². The predicted octanol–water partition coefficient (Wildman–Crippen LogP) is 3.64. The first-order valence-corrected chi connectivity index (χ1v) is 9.98. The van der Waals surface area contributed by atoms with Gasteiger partial charge in [-0.05, 0) is 48.7 Å². The van der Waals surface area contributed by atoms with Crippen molar-refractivity contribution in [3.05, 3.63) is 54.1 Å². The molecule has 0 saturated carbocycles. The summed E-state index contributed by atoms with van der Waals surface area (Å²) < 4.78 is 16.4. The molecule has 30 heavy (non-hydrogen) atoms. The summed E-state index contributed by atoms with van der Waals surface area (Å²) in [5.74, 6) is 1.13. The highest BCUT2D eigenvalue weighted by molar-refractivity contribution is 5.91. The van der Waals surface area contributed by atoms with E-state index in [1.165, 1.54) is 6.08 Å². The van der Waals surface area contributed by atoms with E-state index in [0.29, 0.717) is 24.1 Å². The van der Waals surface area contributed by atoms with Gasteiger partial charge in [0.05, 0.1) is 20.3 Å². The van der Waals surface area contributed by atoms with E-state index in [-0.39, 0.29) is 11.9 Å². The van der Waals surface area contributed by atoms with Crippen LogP contribution in [-0.2, 0) is 4.79 Å². The Morgan fingerprint density at radius 3 is 2.87 bits per heavy atom. The van der Waals surface area contributed by atoms with E-state index < -0.39 is 0 Å². The van der Waals surface area contributed by atoms with Gasteiger partial charge in [-0.2, -0.15) is 4.98 Å². The molecule has 1 saturated heterocycles. The van der Waals surface area contributed by atoms with Crippen molar-refractivity contribution in [1.29, 1.82) is 0 Å². The fourth-order valence-electron chi connectivity index (χ4n) is 3.69. The molecule has 3 aromatic rings. The molecule has 1 aromatic heterocycles. The number of anilines is 1. The van der Waals surface area contributed by atoms with Crippen molar-refractivity contribution in [2.75, 3.05) is 32.2 Å². The number of fused-ring (bicyclic) bond motifs is 1. The number of hydrogen-bond acceptors (Lipinski definition) is 6. The number of carbonyl (C=O) groups is 1. The number of amides is 1. The Morgan fingerprint density at radius 1 is 1.23 bits per heavy atom. The van der Waals surface area contributed by atoms with Gasteiger partial charge in [0.1, 0.15) is 5.52 Å². The number of rotatable bonds is 7. The van der Waals surface area contributed by atoms with Crippen molar-refractivity contribution < 1.29 is 18.7 Å². The molecule has 1 amide bonds. The number of para-hydroxylation sites is 2. The quantitative estimate of drug-likeness (QED) is 0.603. The first kappa shape index (κ1) is 19.8. The maximum Gasteiger partial charge on any atom is 0.298 e. The number of nitrogens with zero attached hydrogens (tertiary/aromatic N) is 2. The van der Waals surface area contributed by atoms with Crippen molar-refractivity contribution in [2.24, 2.45) is 0 Å². The van der Waals surface area contributed by atoms with Crippen LogP contribution in [0.25, 0.3) is 17.2 Å². The first-order valence-electron chi connectivity index (χ1n) is 9.98. The van der Waals surface area contributed by atoms with Gasteiger partial charge < -0.3 is 24.1 Å². The molecule has 7 heteroatoms. The minimum atomic E-state index is -0.144. The Bertz CT molecular complexity index is 1030. The van der Waals surface area contributed by atoms with Crippen molar-refractivity contribution in [1.82, 2.24) is 10.3 Å². The summed E-state index contributed by atoms with van der Waals surface area (Å²) in [6.45, 7) is 1.41. The average Bonchev–Trinajstić information content (AvgIpc) is 3.42. The Balaban J connectivity index is 1.36. The first-order chi connectivity index (χ1) is 14.7. The van der Waals surface area contributed by atoms with Gasteiger partial charge in [0, 0.05) is 19.2 Å². The molecule has 1 aliphatic heterocycles. The number of hydrogen-bond donors (Lipinski definition) is 1. The normalized spacial score (nSPS) is 16.3. The molecule has 0 radical (unpaired) electrons. The van der Waals surface area contributed by atoms with Gasteiger partial charge in [-0.25, -0.2) is 0 Å². The van der Waals surface area contributed by atoms with Gasteiger partial charge in [-0.15, -0.1) is 0 Å². The zero-order valence-electron chi connectivity index (χ0n) is 17.1. The Morgan fingerprint density at radius 2 is 2.07 bits per heavy atom. The second kappa shape index (κ2) is 8.90. The van der Waals surface area contributed by atoms with Crippen LogP contribution in [-0.4, -0.2) is 44.2 Å². The zero-order chi connectivity index (χ0) is 20.9. The molecule has 0 bridgehead atoms. The van der Waals surface area contributed by atoms with Crippen LogP contribution < -0.4 is 19.7 Å². The lowest BCUT2D eigenvalue weighted by Crippen LogP contribution is -2.39. The monoisotopic (exact) mass is 407 g/mol. The van der Waals surface area contributed by atoms with Gasteiger partial charge in [-0.1, -0.05) is 18.2 Å². The van der Waals surface area contributed by atoms with Crippen LogP contribution in [0.4, 0.5) is 6.01 Å². The second-order valence-corrected chi connectivity index (χ2v) is 7.15. The molecule has 0 spiro atoms. The standard InChI is InChI=1S/C23H25N3O4/c1-28-20-11-9-16(14-21(20)29-2)10-12-22(27)24-15-17-6-5-13-26(17)23-25-18-7-3-4-8-19(18)30-23/h3-4,7-12,14,17H,5-6,13,15H2,1-2H3,(H,24,27). The van der Waals surface area contributed by atoms with Crippen LogP contribution >= 0.6 is 0 Å². The van der Waals surface area contributed by atoms with Crippen LogP contribution in [0.2, 0.25) is 0 Å². The van der Waals surface area contributed by atoms with Crippen LogP contribution in [0.3, 0.4) is 0 Å². The van der Waals surface area contributed by atoms with E-state index in [1.54, 1.807) is 20.3 Å². The van der Waals surface area contributed by atoms with Gasteiger partial charge in [0.25, 0.3) is 6.01 Å². The van der Waals surface area contributed by atoms with E-state index >= 15 is 0 Å². The van der Waals surface area contributed by atoms with E-state index in [0.717, 1.165) is 36.0 Å². The van der Waals surface area contributed by atoms with Crippen LogP contribution in [0.15, 0.2) is 53.0 Å². The highest BCUT2D eigenvalue weighted by Crippen LogP contribution is 2.29. The Hall–Kier alpha value is -3.48. The maximum atomic E-state index is 12.3. The fourth-order valence-corrected chi connectivity index (χ4v) is 3.69. The Labute approximate surface area is 175 Å². The van der Waals surface area contributed by atoms with Gasteiger partial charge >= 0.3 is 0 Å². The van der Waals surface area contributed by atoms with E-state index in [4.69, 9.17) is 13.9 Å². The summed E-state index contributed by atoms with van der Waals surface area (Å²) in [4.78, 5) is 19.0. The molecule has 1 aliphatic rings. The van der Waals surface area contributed by atoms with Gasteiger partial charge in [0.15, 0.2) is 17.1 Å². The summed E-state index contributed by atoms with van der Waals surface area (Å²) in [6, 6.07) is 14.0. The molecular formula is C23H25N3O4. The highest BCUT2D eigenvalue weighted by Gasteiger charge is 2.28. The summed E-state index contributed by atoms with van der Waals surface area (Å²) in [7, 11) is 3.18. The zero-order valence-corrected chi connectivity index (χ0v) is 17.1. The van der Waals surface area contributed by atoms with Crippen LogP contribution in [0, 0.1) is 0 Å². The average molecular weight is 407 g/mol. The molecule has 1 atom stereocenters. The lowest BCUT2D eigenvalue weighted by molar-refractivity contribution is -0.116. The number of ether oxygens (including phenoxy) is 2. The third kappa shape index (κ3) is 4.25. The number of benzene rings is 2. The SMILES string of the molecule is COc1ccc(C=CC(=O)NCC2CCCN2c2nc3ccccc3o2)cc1OC. The fraction of sp³-hybridized carbons (Fsp3) is 0.304. The summed E-state index contributed by atoms with van der Waals surface area (Å²) in [5.41, 5.74) is 2.48. The molecule has 0 aliphatic carbocycles. The van der Waals surface area contributed by atoms with E-state index in [1.807, 2.05) is 42.5 Å². The van der Waals surface area contributed by atoms with E-state index in [2.05, 4.69) is 15.2 Å². The van der Waals surface area contributed by atoms with E-state index in [9.17, 15) is 4.79 Å². The number of oxazole rings is 1. The second-order valence-electron chi connectivity index (χ2n) is 7.15. The largest absolute Gasteiger partial charge is 0.493 e. The molecular weight excluding hydrogens is 382 g/mol.